The maximum Gasteiger partial charge on any atom is 0.171 e. The van der Waals surface area contributed by atoms with Crippen molar-refractivity contribution in [2.75, 3.05) is 43.6 Å². The highest BCUT2D eigenvalue weighted by Crippen LogP contribution is 2.45. The number of hydrogen-bond acceptors (Lipinski definition) is 5. The summed E-state index contributed by atoms with van der Waals surface area (Å²) in [6, 6.07) is 0. The first kappa shape index (κ1) is 14.6. The van der Waals surface area contributed by atoms with E-state index in [0.29, 0.717) is 0 Å². The molecule has 0 spiro atoms. The van der Waals surface area contributed by atoms with E-state index in [4.69, 9.17) is 0 Å². The second-order valence-electron chi connectivity index (χ2n) is 6.93. The van der Waals surface area contributed by atoms with Crippen molar-refractivity contribution in [3.63, 3.8) is 0 Å². The third-order valence-electron chi connectivity index (χ3n) is 4.80. The molecule has 2 heterocycles. The van der Waals surface area contributed by atoms with Crippen molar-refractivity contribution in [1.82, 2.24) is 9.97 Å². The van der Waals surface area contributed by atoms with Crippen molar-refractivity contribution in [2.45, 2.75) is 32.1 Å². The van der Waals surface area contributed by atoms with Gasteiger partial charge < -0.3 is 14.9 Å². The number of aliphatic hydroxyl groups excluding tert-OH is 1. The highest BCUT2D eigenvalue weighted by Gasteiger charge is 2.40. The zero-order chi connectivity index (χ0) is 14.9. The third kappa shape index (κ3) is 3.12. The highest BCUT2D eigenvalue weighted by molar-refractivity contribution is 5.61. The van der Waals surface area contributed by atoms with Crippen LogP contribution in [0.3, 0.4) is 0 Å². The molecule has 1 saturated heterocycles. The lowest BCUT2D eigenvalue weighted by atomic mass is 9.76. The molecule has 0 aromatic carbocycles. The first-order valence-electron chi connectivity index (χ1n) is 7.98. The van der Waals surface area contributed by atoms with Gasteiger partial charge in [0.25, 0.3) is 0 Å². The van der Waals surface area contributed by atoms with E-state index in [9.17, 15) is 5.11 Å². The van der Waals surface area contributed by atoms with Crippen LogP contribution in [-0.2, 0) is 0 Å². The van der Waals surface area contributed by atoms with Crippen molar-refractivity contribution < 1.29 is 5.11 Å². The van der Waals surface area contributed by atoms with Crippen LogP contribution in [-0.4, -0.2) is 48.9 Å². The molecule has 0 bridgehead atoms. The van der Waals surface area contributed by atoms with Crippen LogP contribution in [0.5, 0.6) is 0 Å². The molecule has 1 N–H and O–H groups in total. The topological polar surface area (TPSA) is 52.5 Å². The van der Waals surface area contributed by atoms with Gasteiger partial charge in [-0.25, -0.2) is 9.97 Å². The first-order chi connectivity index (χ1) is 10.1. The lowest BCUT2D eigenvalue weighted by molar-refractivity contribution is 0.0901. The Balaban J connectivity index is 1.82. The van der Waals surface area contributed by atoms with Gasteiger partial charge in [-0.1, -0.05) is 12.8 Å². The van der Waals surface area contributed by atoms with Crippen molar-refractivity contribution in [3.05, 3.63) is 12.4 Å². The minimum Gasteiger partial charge on any atom is -0.396 e. The zero-order valence-corrected chi connectivity index (χ0v) is 13.1. The van der Waals surface area contributed by atoms with Crippen molar-refractivity contribution in [2.24, 2.45) is 11.3 Å². The van der Waals surface area contributed by atoms with Gasteiger partial charge in [0.15, 0.2) is 11.6 Å². The predicted molar refractivity (Wildman–Crippen MR) is 84.7 cm³/mol. The summed E-state index contributed by atoms with van der Waals surface area (Å²) >= 11 is 0. The standard InChI is InChI=1S/C16H26N4O/c1-19(2)14-15(18-8-7-17-14)20-9-3-6-16(11-20,12-21)10-13-4-5-13/h7-8,13,21H,3-6,9-12H2,1-2H3/t16-/m0/s1. The number of hydrogen-bond donors (Lipinski definition) is 1. The molecule has 1 aromatic heterocycles. The van der Waals surface area contributed by atoms with Gasteiger partial charge in [0.2, 0.25) is 0 Å². The number of piperidine rings is 1. The number of nitrogens with zero attached hydrogens (tertiary/aromatic N) is 4. The van der Waals surface area contributed by atoms with Gasteiger partial charge in [-0.2, -0.15) is 0 Å². The molecule has 1 aliphatic carbocycles. The highest BCUT2D eigenvalue weighted by atomic mass is 16.3. The predicted octanol–water partition coefficient (Wildman–Crippen LogP) is 1.92. The van der Waals surface area contributed by atoms with Crippen molar-refractivity contribution >= 4 is 11.6 Å². The second kappa shape index (κ2) is 5.79. The second-order valence-corrected chi connectivity index (χ2v) is 6.93. The van der Waals surface area contributed by atoms with E-state index in [1.54, 1.807) is 12.4 Å². The monoisotopic (exact) mass is 290 g/mol. The van der Waals surface area contributed by atoms with Gasteiger partial charge >= 0.3 is 0 Å². The summed E-state index contributed by atoms with van der Waals surface area (Å²) in [6.45, 7) is 2.20. The van der Waals surface area contributed by atoms with Gasteiger partial charge in [-0.15, -0.1) is 0 Å². The van der Waals surface area contributed by atoms with Crippen LogP contribution < -0.4 is 9.80 Å². The minimum absolute atomic E-state index is 0.0561. The Morgan fingerprint density at radius 1 is 1.33 bits per heavy atom. The molecule has 2 fully saturated rings. The lowest BCUT2D eigenvalue weighted by Crippen LogP contribution is -2.46. The van der Waals surface area contributed by atoms with Gasteiger partial charge in [0, 0.05) is 45.0 Å². The summed E-state index contributed by atoms with van der Waals surface area (Å²) in [6.07, 6.45) is 9.61. The first-order valence-corrected chi connectivity index (χ1v) is 7.98. The van der Waals surface area contributed by atoms with Crippen LogP contribution in [0.1, 0.15) is 32.1 Å². The molecular formula is C16H26N4O. The van der Waals surface area contributed by atoms with E-state index in [1.165, 1.54) is 12.8 Å². The fourth-order valence-electron chi connectivity index (χ4n) is 3.55. The van der Waals surface area contributed by atoms with Gasteiger partial charge in [-0.05, 0) is 25.2 Å². The Labute approximate surface area is 127 Å². The van der Waals surface area contributed by atoms with E-state index < -0.39 is 0 Å². The molecule has 116 valence electrons. The average molecular weight is 290 g/mol. The molecule has 1 aromatic rings. The summed E-state index contributed by atoms with van der Waals surface area (Å²) in [5.74, 6) is 2.71. The molecule has 2 aliphatic rings. The van der Waals surface area contributed by atoms with Gasteiger partial charge in [0.1, 0.15) is 0 Å². The fraction of sp³-hybridized carbons (Fsp3) is 0.750. The third-order valence-corrected chi connectivity index (χ3v) is 4.80. The Morgan fingerprint density at radius 3 is 2.76 bits per heavy atom. The molecule has 0 unspecified atom stereocenters. The Bertz CT molecular complexity index is 489. The summed E-state index contributed by atoms with van der Waals surface area (Å²) < 4.78 is 0. The maximum atomic E-state index is 9.99. The SMILES string of the molecule is CN(C)c1nccnc1N1CCC[C@](CO)(CC2CC2)C1. The van der Waals surface area contributed by atoms with Crippen LogP contribution in [0.25, 0.3) is 0 Å². The molecule has 1 aliphatic heterocycles. The fourth-order valence-corrected chi connectivity index (χ4v) is 3.55. The molecule has 5 heteroatoms. The summed E-state index contributed by atoms with van der Waals surface area (Å²) in [5.41, 5.74) is 0.0561. The molecule has 21 heavy (non-hydrogen) atoms. The molecule has 3 rings (SSSR count). The van der Waals surface area contributed by atoms with Crippen LogP contribution >= 0.6 is 0 Å². The Morgan fingerprint density at radius 2 is 2.10 bits per heavy atom. The summed E-state index contributed by atoms with van der Waals surface area (Å²) in [5, 5.41) is 9.99. The summed E-state index contributed by atoms with van der Waals surface area (Å²) in [4.78, 5) is 13.4. The number of rotatable bonds is 5. The Kier molecular flexibility index (Phi) is 4.02. The summed E-state index contributed by atoms with van der Waals surface area (Å²) in [7, 11) is 4.00. The smallest absolute Gasteiger partial charge is 0.171 e. The largest absolute Gasteiger partial charge is 0.396 e. The van der Waals surface area contributed by atoms with E-state index in [0.717, 1.165) is 49.9 Å². The molecule has 5 nitrogen and oxygen atoms in total. The molecule has 0 amide bonds. The molecule has 1 atom stereocenters. The Hall–Kier alpha value is -1.36. The van der Waals surface area contributed by atoms with Crippen LogP contribution in [0.2, 0.25) is 0 Å². The average Bonchev–Trinajstić information content (AvgIpc) is 3.31. The van der Waals surface area contributed by atoms with Crippen molar-refractivity contribution in [1.29, 1.82) is 0 Å². The van der Waals surface area contributed by atoms with E-state index >= 15 is 0 Å². The van der Waals surface area contributed by atoms with Gasteiger partial charge in [0.05, 0.1) is 6.61 Å². The number of anilines is 2. The van der Waals surface area contributed by atoms with Crippen molar-refractivity contribution in [3.8, 4) is 0 Å². The molecule has 0 radical (unpaired) electrons. The molecule has 1 saturated carbocycles. The maximum absolute atomic E-state index is 9.99. The molecular weight excluding hydrogens is 264 g/mol. The van der Waals surface area contributed by atoms with Gasteiger partial charge in [-0.3, -0.25) is 0 Å². The quantitative estimate of drug-likeness (QED) is 0.898. The zero-order valence-electron chi connectivity index (χ0n) is 13.1. The van der Waals surface area contributed by atoms with E-state index in [1.807, 2.05) is 19.0 Å². The number of aromatic nitrogens is 2. The van der Waals surface area contributed by atoms with E-state index in [-0.39, 0.29) is 12.0 Å². The van der Waals surface area contributed by atoms with E-state index in [2.05, 4.69) is 14.9 Å². The lowest BCUT2D eigenvalue weighted by Gasteiger charge is -2.43. The number of aliphatic hydroxyl groups is 1. The minimum atomic E-state index is 0.0561. The van der Waals surface area contributed by atoms with Crippen LogP contribution in [0.4, 0.5) is 11.6 Å². The van der Waals surface area contributed by atoms with Crippen LogP contribution in [0.15, 0.2) is 12.4 Å². The normalized spacial score (nSPS) is 26.0. The van der Waals surface area contributed by atoms with Crippen LogP contribution in [0, 0.1) is 11.3 Å².